The second-order valence-electron chi connectivity index (χ2n) is 7.31. The van der Waals surface area contributed by atoms with Gasteiger partial charge in [-0.05, 0) is 17.7 Å². The minimum atomic E-state index is -1.89. The lowest BCUT2D eigenvalue weighted by Crippen LogP contribution is -2.60. The van der Waals surface area contributed by atoms with Crippen LogP contribution >= 0.6 is 0 Å². The van der Waals surface area contributed by atoms with E-state index >= 15 is 0 Å². The van der Waals surface area contributed by atoms with Crippen LogP contribution in [0.2, 0.25) is 0 Å². The van der Waals surface area contributed by atoms with Crippen LogP contribution in [0.3, 0.4) is 0 Å². The highest BCUT2D eigenvalue weighted by atomic mass is 16.7. The summed E-state index contributed by atoms with van der Waals surface area (Å²) in [4.78, 5) is 0. The topological polar surface area (TPSA) is 199 Å². The Bertz CT molecular complexity index is 716. The van der Waals surface area contributed by atoms with E-state index in [4.69, 9.17) is 29.2 Å². The number of benzene rings is 1. The molecular weight excluding hydrogens is 408 g/mol. The van der Waals surface area contributed by atoms with E-state index in [1.807, 2.05) is 0 Å². The van der Waals surface area contributed by atoms with Gasteiger partial charge < -0.3 is 59.8 Å². The molecule has 1 aromatic rings. The molecule has 170 valence electrons. The molecular formula is C18H26O12. The van der Waals surface area contributed by atoms with Crippen molar-refractivity contribution in [1.82, 2.24) is 0 Å². The monoisotopic (exact) mass is 434 g/mol. The third-order valence-corrected chi connectivity index (χ3v) is 5.12. The molecule has 2 fully saturated rings. The molecule has 0 saturated carbocycles. The van der Waals surface area contributed by atoms with E-state index in [1.165, 1.54) is 18.2 Å². The van der Waals surface area contributed by atoms with Crippen LogP contribution < -0.4 is 4.74 Å². The van der Waals surface area contributed by atoms with Crippen molar-refractivity contribution in [2.45, 2.75) is 55.3 Å². The van der Waals surface area contributed by atoms with E-state index in [9.17, 15) is 30.6 Å². The summed E-state index contributed by atoms with van der Waals surface area (Å²) in [5.74, 6) is -0.432. The number of aliphatic hydroxyl groups excluding tert-OH is 6. The van der Waals surface area contributed by atoms with Gasteiger partial charge in [-0.25, -0.2) is 0 Å². The third kappa shape index (κ3) is 4.53. The summed E-state index contributed by atoms with van der Waals surface area (Å²) in [5.41, 5.74) is -1.47. The van der Waals surface area contributed by atoms with Gasteiger partial charge in [0.05, 0.1) is 26.4 Å². The maximum absolute atomic E-state index is 10.2. The van der Waals surface area contributed by atoms with Gasteiger partial charge in [-0.2, -0.15) is 0 Å². The number of hydrogen-bond acceptors (Lipinski definition) is 12. The van der Waals surface area contributed by atoms with Gasteiger partial charge >= 0.3 is 0 Å². The molecule has 1 aromatic carbocycles. The minimum absolute atomic E-state index is 0.0953. The molecule has 0 amide bonds. The summed E-state index contributed by atoms with van der Waals surface area (Å²) >= 11 is 0. The molecule has 0 aromatic heterocycles. The Balaban J connectivity index is 1.65. The molecule has 0 unspecified atom stereocenters. The fraction of sp³-hybridized carbons (Fsp3) is 0.667. The van der Waals surface area contributed by atoms with Crippen molar-refractivity contribution < 1.29 is 59.8 Å². The number of hydrogen-bond donors (Lipinski definition) is 8. The molecule has 12 heteroatoms. The van der Waals surface area contributed by atoms with Crippen LogP contribution in [-0.4, -0.2) is 109 Å². The normalized spacial score (nSPS) is 39.2. The van der Waals surface area contributed by atoms with Gasteiger partial charge in [-0.1, -0.05) is 6.07 Å². The largest absolute Gasteiger partial charge is 0.504 e. The standard InChI is InChI=1S/C18H26O12/c19-4-8-1-2-10(9(21)3-8)29-16-14(24)13(23)12(22)11(30-16)5-27-17-15(25)18(26,6-20)7-28-17/h1-3,11-17,19-26H,4-7H2/t11-,12-,13+,14-,15+,16-,17-,18-/m1/s1. The Morgan fingerprint density at radius 2 is 1.77 bits per heavy atom. The van der Waals surface area contributed by atoms with E-state index in [2.05, 4.69) is 0 Å². The van der Waals surface area contributed by atoms with Crippen molar-refractivity contribution in [1.29, 1.82) is 0 Å². The first kappa shape index (κ1) is 23.1. The summed E-state index contributed by atoms with van der Waals surface area (Å²) in [6.07, 6.45) is -10.5. The fourth-order valence-corrected chi connectivity index (χ4v) is 3.16. The molecule has 0 spiro atoms. The first-order chi connectivity index (χ1) is 14.2. The average Bonchev–Trinajstić information content (AvgIpc) is 3.03. The minimum Gasteiger partial charge on any atom is -0.504 e. The molecule has 0 bridgehead atoms. The van der Waals surface area contributed by atoms with Crippen molar-refractivity contribution in [3.8, 4) is 11.5 Å². The van der Waals surface area contributed by atoms with Gasteiger partial charge in [0.15, 0.2) is 17.8 Å². The summed E-state index contributed by atoms with van der Waals surface area (Å²) in [7, 11) is 0. The van der Waals surface area contributed by atoms with Crippen LogP contribution in [0.5, 0.6) is 11.5 Å². The zero-order valence-electron chi connectivity index (χ0n) is 15.8. The zero-order chi connectivity index (χ0) is 22.1. The first-order valence-corrected chi connectivity index (χ1v) is 9.23. The maximum atomic E-state index is 10.2. The van der Waals surface area contributed by atoms with Gasteiger partial charge in [0.2, 0.25) is 6.29 Å². The average molecular weight is 434 g/mol. The highest BCUT2D eigenvalue weighted by Gasteiger charge is 2.50. The highest BCUT2D eigenvalue weighted by Crippen LogP contribution is 2.32. The Morgan fingerprint density at radius 3 is 2.37 bits per heavy atom. The number of aliphatic hydroxyl groups is 7. The van der Waals surface area contributed by atoms with Gasteiger partial charge in [-0.3, -0.25) is 0 Å². The van der Waals surface area contributed by atoms with Crippen LogP contribution in [-0.2, 0) is 20.8 Å². The van der Waals surface area contributed by atoms with Crippen molar-refractivity contribution in [3.63, 3.8) is 0 Å². The SMILES string of the molecule is OCc1ccc(O[C@@H]2O[C@H](CO[C@@H]3OC[C@](O)(CO)[C@H]3O)[C@@H](O)[C@H](O)[C@H]2O)c(O)c1. The predicted octanol–water partition coefficient (Wildman–Crippen LogP) is -3.47. The van der Waals surface area contributed by atoms with E-state index in [0.29, 0.717) is 5.56 Å². The fourth-order valence-electron chi connectivity index (χ4n) is 3.16. The molecule has 0 radical (unpaired) electrons. The smallest absolute Gasteiger partial charge is 0.229 e. The number of phenols is 1. The van der Waals surface area contributed by atoms with E-state index in [0.717, 1.165) is 0 Å². The molecule has 0 aliphatic carbocycles. The molecule has 2 heterocycles. The molecule has 8 atom stereocenters. The number of aromatic hydroxyl groups is 1. The number of rotatable bonds is 7. The van der Waals surface area contributed by atoms with Crippen LogP contribution in [0.1, 0.15) is 5.56 Å². The lowest BCUT2D eigenvalue weighted by molar-refractivity contribution is -0.289. The van der Waals surface area contributed by atoms with Crippen LogP contribution in [0.25, 0.3) is 0 Å². The maximum Gasteiger partial charge on any atom is 0.229 e. The van der Waals surface area contributed by atoms with Crippen LogP contribution in [0.15, 0.2) is 18.2 Å². The Hall–Kier alpha value is -1.58. The van der Waals surface area contributed by atoms with Crippen molar-refractivity contribution >= 4 is 0 Å². The summed E-state index contributed by atoms with van der Waals surface area (Å²) in [6, 6.07) is 4.05. The summed E-state index contributed by atoms with van der Waals surface area (Å²) in [6.45, 7) is -1.86. The molecule has 3 rings (SSSR count). The summed E-state index contributed by atoms with van der Waals surface area (Å²) in [5, 5.41) is 78.6. The zero-order valence-corrected chi connectivity index (χ0v) is 15.8. The quantitative estimate of drug-likeness (QED) is 0.211. The van der Waals surface area contributed by atoms with Crippen LogP contribution in [0.4, 0.5) is 0 Å². The van der Waals surface area contributed by atoms with E-state index in [1.54, 1.807) is 0 Å². The van der Waals surface area contributed by atoms with Crippen molar-refractivity contribution in [3.05, 3.63) is 23.8 Å². The highest BCUT2D eigenvalue weighted by molar-refractivity contribution is 5.41. The van der Waals surface area contributed by atoms with Gasteiger partial charge in [0, 0.05) is 0 Å². The lowest BCUT2D eigenvalue weighted by atomic mass is 9.99. The molecule has 2 aliphatic rings. The second kappa shape index (κ2) is 9.28. The molecule has 12 nitrogen and oxygen atoms in total. The Kier molecular flexibility index (Phi) is 7.14. The molecule has 8 N–H and O–H groups in total. The van der Waals surface area contributed by atoms with Crippen molar-refractivity contribution in [2.75, 3.05) is 19.8 Å². The molecule has 2 saturated heterocycles. The summed E-state index contributed by atoms with van der Waals surface area (Å²) < 4.78 is 21.3. The Labute approximate surface area is 171 Å². The predicted molar refractivity (Wildman–Crippen MR) is 95.1 cm³/mol. The third-order valence-electron chi connectivity index (χ3n) is 5.12. The molecule has 30 heavy (non-hydrogen) atoms. The van der Waals surface area contributed by atoms with Crippen molar-refractivity contribution in [2.24, 2.45) is 0 Å². The van der Waals surface area contributed by atoms with Crippen LogP contribution in [0, 0.1) is 0 Å². The van der Waals surface area contributed by atoms with E-state index in [-0.39, 0.29) is 24.7 Å². The lowest BCUT2D eigenvalue weighted by Gasteiger charge is -2.40. The second-order valence-corrected chi connectivity index (χ2v) is 7.31. The number of phenolic OH excluding ortho intramolecular Hbond substituents is 1. The molecule has 2 aliphatic heterocycles. The number of ether oxygens (including phenoxy) is 4. The Morgan fingerprint density at radius 1 is 1.03 bits per heavy atom. The van der Waals surface area contributed by atoms with E-state index < -0.39 is 61.9 Å². The van der Waals surface area contributed by atoms with Gasteiger partial charge in [-0.15, -0.1) is 0 Å². The van der Waals surface area contributed by atoms with Gasteiger partial charge in [0.1, 0.15) is 36.1 Å². The first-order valence-electron chi connectivity index (χ1n) is 9.23. The van der Waals surface area contributed by atoms with Gasteiger partial charge in [0.25, 0.3) is 0 Å².